The van der Waals surface area contributed by atoms with E-state index in [0.29, 0.717) is 22.1 Å². The van der Waals surface area contributed by atoms with Crippen molar-refractivity contribution in [1.82, 2.24) is 9.13 Å². The Balaban J connectivity index is 1.39. The molecule has 0 bridgehead atoms. The SMILES string of the molecule is Cc1cc(C)c(-c2ccc3c4ccccc4n(-c4cc(-c5c(F)cccc5F)cc(-n5c6ccccc6c6ccc(-c7c(C)cc(C)cc7C)cc65)c4C(F)(F)F)c3c2)c(C)c1. The Morgan fingerprint density at radius 3 is 1.16 bits per heavy atom. The Morgan fingerprint density at radius 2 is 0.758 bits per heavy atom. The van der Waals surface area contributed by atoms with E-state index >= 15 is 22.0 Å². The van der Waals surface area contributed by atoms with Gasteiger partial charge in [-0.1, -0.05) is 102 Å². The van der Waals surface area contributed by atoms with Crippen LogP contribution in [0.5, 0.6) is 0 Å². The number of fused-ring (bicyclic) bond motifs is 6. The lowest BCUT2D eigenvalue weighted by molar-refractivity contribution is -0.137. The van der Waals surface area contributed by atoms with Crippen LogP contribution in [0.2, 0.25) is 0 Å². The molecule has 10 rings (SSSR count). The molecule has 2 heterocycles. The van der Waals surface area contributed by atoms with Crippen molar-refractivity contribution in [3.05, 3.63) is 190 Å². The lowest BCUT2D eigenvalue weighted by Crippen LogP contribution is -2.16. The van der Waals surface area contributed by atoms with E-state index in [1.807, 2.05) is 102 Å². The molecule has 306 valence electrons. The van der Waals surface area contributed by atoms with Crippen molar-refractivity contribution in [2.45, 2.75) is 47.7 Å². The van der Waals surface area contributed by atoms with Crippen LogP contribution < -0.4 is 0 Å². The number of halogens is 5. The Labute approximate surface area is 356 Å². The van der Waals surface area contributed by atoms with E-state index in [1.165, 1.54) is 18.2 Å². The smallest absolute Gasteiger partial charge is 0.309 e. The fraction of sp³-hybridized carbons (Fsp3) is 0.127. The van der Waals surface area contributed by atoms with Crippen molar-refractivity contribution in [1.29, 1.82) is 0 Å². The lowest BCUT2D eigenvalue weighted by atomic mass is 9.93. The molecule has 0 saturated heterocycles. The molecule has 0 unspecified atom stereocenters. The summed E-state index contributed by atoms with van der Waals surface area (Å²) in [6.07, 6.45) is -4.95. The van der Waals surface area contributed by atoms with Crippen molar-refractivity contribution < 1.29 is 22.0 Å². The molecule has 7 heteroatoms. The van der Waals surface area contributed by atoms with Crippen LogP contribution in [-0.2, 0) is 6.18 Å². The van der Waals surface area contributed by atoms with Crippen LogP contribution in [0.1, 0.15) is 38.9 Å². The Morgan fingerprint density at radius 1 is 0.371 bits per heavy atom. The topological polar surface area (TPSA) is 9.86 Å². The molecular weight excluding hydrogens is 784 g/mol. The highest BCUT2D eigenvalue weighted by atomic mass is 19.4. The summed E-state index contributed by atoms with van der Waals surface area (Å²) < 4.78 is 85.1. The number of alkyl halides is 3. The van der Waals surface area contributed by atoms with Crippen LogP contribution in [0, 0.1) is 53.2 Å². The number of benzene rings is 8. The van der Waals surface area contributed by atoms with Gasteiger partial charge in [-0.2, -0.15) is 13.2 Å². The van der Waals surface area contributed by atoms with Gasteiger partial charge in [-0.15, -0.1) is 0 Å². The van der Waals surface area contributed by atoms with E-state index in [2.05, 4.69) is 24.3 Å². The molecule has 0 aliphatic heterocycles. The van der Waals surface area contributed by atoms with E-state index in [1.54, 1.807) is 33.4 Å². The summed E-state index contributed by atoms with van der Waals surface area (Å²) in [7, 11) is 0. The van der Waals surface area contributed by atoms with E-state index in [-0.39, 0.29) is 16.9 Å². The summed E-state index contributed by atoms with van der Waals surface area (Å²) in [6.45, 7) is 12.2. The first-order valence-corrected chi connectivity index (χ1v) is 20.6. The highest BCUT2D eigenvalue weighted by Crippen LogP contribution is 2.47. The maximum absolute atomic E-state index is 16.6. The first kappa shape index (κ1) is 39.2. The van der Waals surface area contributed by atoms with Crippen LogP contribution in [0.15, 0.2) is 140 Å². The van der Waals surface area contributed by atoms with Crippen molar-refractivity contribution in [2.75, 3.05) is 0 Å². The minimum absolute atomic E-state index is 0.0294. The highest BCUT2D eigenvalue weighted by molar-refractivity contribution is 6.12. The minimum Gasteiger partial charge on any atom is -0.309 e. The average molecular weight is 825 g/mol. The van der Waals surface area contributed by atoms with Crippen LogP contribution >= 0.6 is 0 Å². The molecule has 0 atom stereocenters. The third kappa shape index (κ3) is 6.12. The summed E-state index contributed by atoms with van der Waals surface area (Å²) in [5.74, 6) is -1.77. The highest BCUT2D eigenvalue weighted by Gasteiger charge is 2.40. The predicted molar refractivity (Wildman–Crippen MR) is 245 cm³/mol. The number of para-hydroxylation sites is 2. The van der Waals surface area contributed by atoms with Gasteiger partial charge in [-0.05, 0) is 140 Å². The Hall–Kier alpha value is -6.99. The lowest BCUT2D eigenvalue weighted by Gasteiger charge is -2.23. The largest absolute Gasteiger partial charge is 0.420 e. The van der Waals surface area contributed by atoms with Crippen molar-refractivity contribution >= 4 is 43.6 Å². The number of aromatic nitrogens is 2. The summed E-state index contributed by atoms with van der Waals surface area (Å²) in [6, 6.07) is 41.0. The molecule has 0 aliphatic rings. The molecule has 62 heavy (non-hydrogen) atoms. The van der Waals surface area contributed by atoms with Gasteiger partial charge >= 0.3 is 6.18 Å². The van der Waals surface area contributed by atoms with Gasteiger partial charge in [-0.3, -0.25) is 0 Å². The molecule has 2 nitrogen and oxygen atoms in total. The van der Waals surface area contributed by atoms with Gasteiger partial charge in [-0.25, -0.2) is 8.78 Å². The number of aryl methyl sites for hydroxylation is 6. The zero-order chi connectivity index (χ0) is 43.4. The van der Waals surface area contributed by atoms with Crippen LogP contribution in [0.25, 0.3) is 88.4 Å². The number of rotatable bonds is 5. The van der Waals surface area contributed by atoms with Gasteiger partial charge in [0.15, 0.2) is 0 Å². The second-order valence-electron chi connectivity index (χ2n) is 16.7. The summed E-state index contributed by atoms with van der Waals surface area (Å²) in [4.78, 5) is 0. The fourth-order valence-electron chi connectivity index (χ4n) is 10.2. The average Bonchev–Trinajstić information content (AvgIpc) is 3.71. The quantitative estimate of drug-likeness (QED) is 0.153. The first-order valence-electron chi connectivity index (χ1n) is 20.6. The van der Waals surface area contributed by atoms with E-state index < -0.39 is 28.9 Å². The maximum atomic E-state index is 16.6. The Bertz CT molecular complexity index is 3230. The number of nitrogens with zero attached hydrogens (tertiary/aromatic N) is 2. The second kappa shape index (κ2) is 14.3. The molecule has 0 spiro atoms. The van der Waals surface area contributed by atoms with Gasteiger partial charge in [0.05, 0.1) is 39.0 Å². The molecule has 0 aliphatic carbocycles. The standard InChI is InChI=1S/C55H41F5N2/c1-30-22-32(3)51(33(4)23-30)36-18-20-41-39-12-7-9-16-45(39)61(47(41)26-36)49-28-38(53-43(56)14-11-15-44(53)57)29-50(54(49)55(58,59)60)62-46-17-10-8-13-40(46)42-21-19-37(27-48(42)62)52-34(5)24-31(2)25-35(52)6/h7-29H,1-6H3. The third-order valence-corrected chi connectivity index (χ3v) is 12.4. The molecule has 0 saturated carbocycles. The van der Waals surface area contributed by atoms with Gasteiger partial charge in [0.1, 0.15) is 17.2 Å². The van der Waals surface area contributed by atoms with Gasteiger partial charge in [0.25, 0.3) is 0 Å². The molecule has 10 aromatic rings. The monoisotopic (exact) mass is 824 g/mol. The van der Waals surface area contributed by atoms with Gasteiger partial charge in [0.2, 0.25) is 0 Å². The summed E-state index contributed by atoms with van der Waals surface area (Å²) >= 11 is 0. The molecule has 8 aromatic carbocycles. The van der Waals surface area contributed by atoms with Crippen molar-refractivity contribution in [3.8, 4) is 44.8 Å². The maximum Gasteiger partial charge on any atom is 0.420 e. The molecule has 0 amide bonds. The van der Waals surface area contributed by atoms with Gasteiger partial charge < -0.3 is 9.13 Å². The van der Waals surface area contributed by atoms with Crippen LogP contribution in [0.4, 0.5) is 22.0 Å². The molecular formula is C55H41F5N2. The zero-order valence-corrected chi connectivity index (χ0v) is 35.1. The zero-order valence-electron chi connectivity index (χ0n) is 35.1. The molecule has 0 N–H and O–H groups in total. The van der Waals surface area contributed by atoms with E-state index in [9.17, 15) is 0 Å². The van der Waals surface area contributed by atoms with E-state index in [0.717, 1.165) is 89.3 Å². The molecule has 0 radical (unpaired) electrons. The number of hydrogen-bond acceptors (Lipinski definition) is 0. The van der Waals surface area contributed by atoms with Crippen molar-refractivity contribution in [3.63, 3.8) is 0 Å². The first-order chi connectivity index (χ1) is 29.7. The third-order valence-electron chi connectivity index (χ3n) is 12.4. The minimum atomic E-state index is -4.95. The number of hydrogen-bond donors (Lipinski definition) is 0. The van der Waals surface area contributed by atoms with Crippen LogP contribution in [-0.4, -0.2) is 9.13 Å². The Kier molecular flexibility index (Phi) is 9.04. The van der Waals surface area contributed by atoms with Gasteiger partial charge in [0, 0.05) is 21.5 Å². The van der Waals surface area contributed by atoms with Crippen LogP contribution in [0.3, 0.4) is 0 Å². The molecule has 0 fully saturated rings. The van der Waals surface area contributed by atoms with Crippen molar-refractivity contribution in [2.24, 2.45) is 0 Å². The second-order valence-corrected chi connectivity index (χ2v) is 16.7. The molecule has 2 aromatic heterocycles. The normalized spacial score (nSPS) is 12.1. The fourth-order valence-corrected chi connectivity index (χ4v) is 10.2. The summed E-state index contributed by atoms with van der Waals surface area (Å²) in [5.41, 5.74) is 10.3. The van der Waals surface area contributed by atoms with E-state index in [4.69, 9.17) is 0 Å². The summed E-state index contributed by atoms with van der Waals surface area (Å²) in [5, 5.41) is 2.98. The predicted octanol–water partition coefficient (Wildman–Crippen LogP) is 16.0.